The second kappa shape index (κ2) is 8.55. The lowest BCUT2D eigenvalue weighted by Gasteiger charge is -2.21. The normalized spacial score (nSPS) is 11.6. The Labute approximate surface area is 165 Å². The molecule has 9 heteroatoms. The Morgan fingerprint density at radius 3 is 2.11 bits per heavy atom. The number of hydrogen-bond donors (Lipinski definition) is 2. The molecule has 0 spiro atoms. The summed E-state index contributed by atoms with van der Waals surface area (Å²) in [6, 6.07) is 4.28. The van der Waals surface area contributed by atoms with Crippen molar-refractivity contribution in [2.75, 3.05) is 12.4 Å². The van der Waals surface area contributed by atoms with Gasteiger partial charge in [0.05, 0.1) is 7.11 Å². The number of carbonyl (C=O) groups excluding carboxylic acids is 1. The van der Waals surface area contributed by atoms with Crippen molar-refractivity contribution in [2.45, 2.75) is 51.5 Å². The van der Waals surface area contributed by atoms with E-state index in [1.165, 1.54) is 7.11 Å². The van der Waals surface area contributed by atoms with Crippen LogP contribution in [-0.4, -0.2) is 31.5 Å². The Balaban J connectivity index is 2.34. The zero-order valence-electron chi connectivity index (χ0n) is 16.9. The molecular weight excluding hydrogens is 380 g/mol. The molecule has 2 rings (SSSR count). The van der Waals surface area contributed by atoms with Crippen LogP contribution in [0.2, 0.25) is 0 Å². The molecule has 2 aromatic rings. The van der Waals surface area contributed by atoms with E-state index in [2.05, 4.69) is 15.3 Å². The average molecular weight is 407 g/mol. The van der Waals surface area contributed by atoms with Gasteiger partial charge in [-0.25, -0.2) is 19.5 Å². The van der Waals surface area contributed by atoms with Crippen molar-refractivity contribution < 1.29 is 17.9 Å². The molecule has 28 heavy (non-hydrogen) atoms. The van der Waals surface area contributed by atoms with Crippen LogP contribution in [0.25, 0.3) is 0 Å². The Hall–Kier alpha value is -2.68. The van der Waals surface area contributed by atoms with E-state index in [0.29, 0.717) is 5.69 Å². The summed E-state index contributed by atoms with van der Waals surface area (Å²) in [5, 5.41) is 2.36. The van der Waals surface area contributed by atoms with Crippen LogP contribution in [-0.2, 0) is 10.0 Å². The van der Waals surface area contributed by atoms with E-state index in [-0.39, 0.29) is 22.7 Å². The zero-order chi connectivity index (χ0) is 21.1. The number of nitrogens with zero attached hydrogens (tertiary/aromatic N) is 2. The molecule has 152 valence electrons. The maximum Gasteiger partial charge on any atom is 0.333 e. The zero-order valence-corrected chi connectivity index (χ0v) is 17.7. The molecule has 0 fully saturated rings. The van der Waals surface area contributed by atoms with Crippen molar-refractivity contribution >= 4 is 21.7 Å². The smallest absolute Gasteiger partial charge is 0.333 e. The van der Waals surface area contributed by atoms with E-state index in [1.807, 2.05) is 51.5 Å². The molecule has 0 saturated carbocycles. The summed E-state index contributed by atoms with van der Waals surface area (Å²) >= 11 is 0. The minimum absolute atomic E-state index is 0.0819. The third-order valence-electron chi connectivity index (χ3n) is 4.15. The Morgan fingerprint density at radius 1 is 1.04 bits per heavy atom. The van der Waals surface area contributed by atoms with Crippen LogP contribution in [0, 0.1) is 6.92 Å². The molecule has 0 atom stereocenters. The molecule has 2 amide bonds. The van der Waals surface area contributed by atoms with E-state index in [9.17, 15) is 13.2 Å². The minimum Gasteiger partial charge on any atom is -0.481 e. The van der Waals surface area contributed by atoms with Crippen molar-refractivity contribution in [3.63, 3.8) is 0 Å². The lowest BCUT2D eigenvalue weighted by molar-refractivity contribution is 0.256. The van der Waals surface area contributed by atoms with Gasteiger partial charge in [0.15, 0.2) is 5.03 Å². The highest BCUT2D eigenvalue weighted by molar-refractivity contribution is 7.90. The molecule has 0 aliphatic heterocycles. The highest BCUT2D eigenvalue weighted by Crippen LogP contribution is 2.33. The fourth-order valence-electron chi connectivity index (χ4n) is 2.79. The molecule has 0 aliphatic carbocycles. The maximum atomic E-state index is 12.5. The van der Waals surface area contributed by atoms with Crippen LogP contribution in [0.3, 0.4) is 0 Å². The van der Waals surface area contributed by atoms with Gasteiger partial charge < -0.3 is 10.1 Å². The van der Waals surface area contributed by atoms with Crippen LogP contribution in [0.5, 0.6) is 5.88 Å². The number of amides is 2. The van der Waals surface area contributed by atoms with Crippen LogP contribution in [0.1, 0.15) is 56.2 Å². The lowest BCUT2D eigenvalue weighted by atomic mass is 9.90. The standard InChI is InChI=1S/C19H26N4O4S/c1-11(2)14-7-13(5)8-15(12(3)4)18(14)22-19(24)23-28(25,26)17-9-16(27-6)20-10-21-17/h7-12H,1-6H3,(H2,22,23,24). The lowest BCUT2D eigenvalue weighted by Crippen LogP contribution is -2.35. The van der Waals surface area contributed by atoms with Crippen molar-refractivity contribution in [3.8, 4) is 5.88 Å². The topological polar surface area (TPSA) is 110 Å². The number of hydrogen-bond acceptors (Lipinski definition) is 6. The molecule has 1 aromatic carbocycles. The number of aromatic nitrogens is 2. The second-order valence-electron chi connectivity index (χ2n) is 7.09. The number of carbonyl (C=O) groups is 1. The minimum atomic E-state index is -4.18. The molecule has 0 saturated heterocycles. The fraction of sp³-hybridized carbons (Fsp3) is 0.421. The highest BCUT2D eigenvalue weighted by Gasteiger charge is 2.23. The average Bonchev–Trinajstić information content (AvgIpc) is 2.62. The number of urea groups is 1. The third kappa shape index (κ3) is 4.98. The number of sulfonamides is 1. The number of rotatable bonds is 6. The molecule has 0 radical (unpaired) electrons. The van der Waals surface area contributed by atoms with Crippen molar-refractivity contribution in [3.05, 3.63) is 41.2 Å². The molecule has 8 nitrogen and oxygen atoms in total. The number of nitrogens with one attached hydrogen (secondary N) is 2. The summed E-state index contributed by atoms with van der Waals surface area (Å²) in [5.74, 6) is 0.379. The molecule has 0 bridgehead atoms. The molecule has 1 heterocycles. The van der Waals surface area contributed by atoms with Gasteiger partial charge in [-0.05, 0) is 29.9 Å². The highest BCUT2D eigenvalue weighted by atomic mass is 32.2. The summed E-state index contributed by atoms with van der Waals surface area (Å²) in [5.41, 5.74) is 3.60. The van der Waals surface area contributed by atoms with Gasteiger partial charge in [0.25, 0.3) is 10.0 Å². The number of anilines is 1. The summed E-state index contributed by atoms with van der Waals surface area (Å²) < 4.78 is 31.8. The van der Waals surface area contributed by atoms with E-state index in [1.54, 1.807) is 0 Å². The van der Waals surface area contributed by atoms with Gasteiger partial charge in [0.2, 0.25) is 5.88 Å². The first-order chi connectivity index (χ1) is 13.0. The maximum absolute atomic E-state index is 12.5. The van der Waals surface area contributed by atoms with E-state index >= 15 is 0 Å². The molecular formula is C19H26N4O4S. The summed E-state index contributed by atoms with van der Waals surface area (Å²) in [6.45, 7) is 10.1. The number of aryl methyl sites for hydroxylation is 1. The first-order valence-electron chi connectivity index (χ1n) is 8.89. The van der Waals surface area contributed by atoms with Gasteiger partial charge in [0.1, 0.15) is 6.33 Å². The monoisotopic (exact) mass is 406 g/mol. The van der Waals surface area contributed by atoms with Crippen LogP contribution in [0.15, 0.2) is 29.6 Å². The number of benzene rings is 1. The summed E-state index contributed by atoms with van der Waals surface area (Å²) in [4.78, 5) is 20.0. The number of methoxy groups -OCH3 is 1. The van der Waals surface area contributed by atoms with E-state index < -0.39 is 16.1 Å². The molecule has 1 aromatic heterocycles. The molecule has 0 unspecified atom stereocenters. The van der Waals surface area contributed by atoms with Crippen molar-refractivity contribution in [2.24, 2.45) is 0 Å². The predicted octanol–water partition coefficient (Wildman–Crippen LogP) is 3.55. The van der Waals surface area contributed by atoms with Crippen LogP contribution >= 0.6 is 0 Å². The largest absolute Gasteiger partial charge is 0.481 e. The Bertz CT molecular complexity index is 943. The molecule has 0 aliphatic rings. The second-order valence-corrected chi connectivity index (χ2v) is 8.72. The summed E-state index contributed by atoms with van der Waals surface area (Å²) in [6.07, 6.45) is 1.05. The quantitative estimate of drug-likeness (QED) is 0.710. The van der Waals surface area contributed by atoms with Crippen LogP contribution < -0.4 is 14.8 Å². The van der Waals surface area contributed by atoms with Crippen LogP contribution in [0.4, 0.5) is 10.5 Å². The van der Waals surface area contributed by atoms with E-state index in [0.717, 1.165) is 29.1 Å². The van der Waals surface area contributed by atoms with Gasteiger partial charge in [-0.2, -0.15) is 8.42 Å². The number of ether oxygens (including phenoxy) is 1. The molecule has 2 N–H and O–H groups in total. The van der Waals surface area contributed by atoms with E-state index in [4.69, 9.17) is 4.74 Å². The predicted molar refractivity (Wildman–Crippen MR) is 107 cm³/mol. The van der Waals surface area contributed by atoms with Gasteiger partial charge in [-0.1, -0.05) is 45.4 Å². The first-order valence-corrected chi connectivity index (χ1v) is 10.4. The van der Waals surface area contributed by atoms with Gasteiger partial charge >= 0.3 is 6.03 Å². The first kappa shape index (κ1) is 21.6. The SMILES string of the molecule is COc1cc(S(=O)(=O)NC(=O)Nc2c(C(C)C)cc(C)cc2C(C)C)ncn1. The van der Waals surface area contributed by atoms with Gasteiger partial charge in [-0.3, -0.25) is 0 Å². The Morgan fingerprint density at radius 2 is 1.61 bits per heavy atom. The Kier molecular flexibility index (Phi) is 6.60. The van der Waals surface area contributed by atoms with Gasteiger partial charge in [0, 0.05) is 11.8 Å². The van der Waals surface area contributed by atoms with Crippen molar-refractivity contribution in [1.29, 1.82) is 0 Å². The van der Waals surface area contributed by atoms with Gasteiger partial charge in [-0.15, -0.1) is 0 Å². The summed E-state index contributed by atoms with van der Waals surface area (Å²) in [7, 11) is -2.82. The fourth-order valence-corrected chi connectivity index (χ4v) is 3.63. The third-order valence-corrected chi connectivity index (χ3v) is 5.38. The van der Waals surface area contributed by atoms with Crippen molar-refractivity contribution in [1.82, 2.24) is 14.7 Å².